The minimum Gasteiger partial charge on any atom is -0.493 e. The van der Waals surface area contributed by atoms with Crippen LogP contribution in [0.4, 0.5) is 11.5 Å². The van der Waals surface area contributed by atoms with Crippen molar-refractivity contribution in [1.82, 2.24) is 9.78 Å². The minimum atomic E-state index is -0.760. The third-order valence-corrected chi connectivity index (χ3v) is 4.70. The van der Waals surface area contributed by atoms with Gasteiger partial charge in [-0.3, -0.25) is 9.59 Å². The predicted octanol–water partition coefficient (Wildman–Crippen LogP) is 3.09. The van der Waals surface area contributed by atoms with Gasteiger partial charge in [0.25, 0.3) is 0 Å². The molecule has 148 valence electrons. The number of nitrogens with zero attached hydrogens (tertiary/aromatic N) is 2. The van der Waals surface area contributed by atoms with E-state index in [2.05, 4.69) is 15.7 Å². The van der Waals surface area contributed by atoms with E-state index in [1.54, 1.807) is 36.1 Å². The predicted molar refractivity (Wildman–Crippen MR) is 108 cm³/mol. The Labute approximate surface area is 167 Å². The second kappa shape index (κ2) is 7.67. The van der Waals surface area contributed by atoms with E-state index in [0.29, 0.717) is 28.7 Å². The van der Waals surface area contributed by atoms with Crippen LogP contribution in [-0.4, -0.2) is 35.8 Å². The third-order valence-electron chi connectivity index (χ3n) is 4.70. The molecule has 29 heavy (non-hydrogen) atoms. The number of carbonyl (C=O) groups is 2. The molecule has 0 fully saturated rings. The van der Waals surface area contributed by atoms with Gasteiger partial charge in [-0.15, -0.1) is 0 Å². The summed E-state index contributed by atoms with van der Waals surface area (Å²) in [6.07, 6.45) is 0.00202. The highest BCUT2D eigenvalue weighted by Crippen LogP contribution is 2.32. The van der Waals surface area contributed by atoms with Crippen molar-refractivity contribution in [2.75, 3.05) is 24.9 Å². The van der Waals surface area contributed by atoms with Gasteiger partial charge in [0, 0.05) is 23.4 Å². The highest BCUT2D eigenvalue weighted by molar-refractivity contribution is 6.01. The molecule has 0 radical (unpaired) electrons. The van der Waals surface area contributed by atoms with Crippen LogP contribution in [0.5, 0.6) is 11.5 Å². The van der Waals surface area contributed by atoms with Crippen LogP contribution in [0.25, 0.3) is 11.3 Å². The van der Waals surface area contributed by atoms with E-state index in [-0.39, 0.29) is 18.2 Å². The fourth-order valence-electron chi connectivity index (χ4n) is 3.27. The molecule has 4 rings (SSSR count). The third kappa shape index (κ3) is 3.64. The van der Waals surface area contributed by atoms with E-state index in [1.807, 2.05) is 30.3 Å². The van der Waals surface area contributed by atoms with Crippen molar-refractivity contribution >= 4 is 23.3 Å². The molecule has 1 aromatic heterocycles. The minimum absolute atomic E-state index is 0.00202. The number of nitrogens with one attached hydrogen (secondary N) is 2. The molecule has 8 nitrogen and oxygen atoms in total. The van der Waals surface area contributed by atoms with Gasteiger partial charge < -0.3 is 20.1 Å². The van der Waals surface area contributed by atoms with Crippen molar-refractivity contribution < 1.29 is 19.1 Å². The molecular weight excluding hydrogens is 372 g/mol. The van der Waals surface area contributed by atoms with Crippen molar-refractivity contribution in [3.63, 3.8) is 0 Å². The van der Waals surface area contributed by atoms with Crippen molar-refractivity contribution in [3.8, 4) is 22.8 Å². The molecule has 1 aliphatic heterocycles. The maximum Gasteiger partial charge on any atom is 0.249 e. The number of rotatable bonds is 5. The van der Waals surface area contributed by atoms with Crippen LogP contribution in [0, 0.1) is 0 Å². The Balaban J connectivity index is 1.62. The summed E-state index contributed by atoms with van der Waals surface area (Å²) in [5.41, 5.74) is 2.13. The smallest absolute Gasteiger partial charge is 0.249 e. The second-order valence-electron chi connectivity index (χ2n) is 6.55. The quantitative estimate of drug-likeness (QED) is 0.696. The van der Waals surface area contributed by atoms with E-state index in [4.69, 9.17) is 9.47 Å². The lowest BCUT2D eigenvalue weighted by atomic mass is 10.1. The first-order valence-electron chi connectivity index (χ1n) is 9.06. The Bertz CT molecular complexity index is 1060. The molecule has 0 aliphatic carbocycles. The number of hydrogen-bond acceptors (Lipinski definition) is 5. The summed E-state index contributed by atoms with van der Waals surface area (Å²) in [4.78, 5) is 25.1. The summed E-state index contributed by atoms with van der Waals surface area (Å²) >= 11 is 0. The summed E-state index contributed by atoms with van der Waals surface area (Å²) in [5.74, 6) is 0.982. The number of aromatic nitrogens is 2. The molecule has 0 spiro atoms. The highest BCUT2D eigenvalue weighted by atomic mass is 16.5. The molecule has 2 amide bonds. The molecule has 0 bridgehead atoms. The van der Waals surface area contributed by atoms with Crippen molar-refractivity contribution in [2.45, 2.75) is 12.5 Å². The summed E-state index contributed by atoms with van der Waals surface area (Å²) in [6.45, 7) is 0. The zero-order valence-electron chi connectivity index (χ0n) is 16.0. The van der Waals surface area contributed by atoms with E-state index >= 15 is 0 Å². The lowest BCUT2D eigenvalue weighted by Gasteiger charge is -2.23. The molecular formula is C21H20N4O4. The number of hydrogen-bond donors (Lipinski definition) is 2. The standard InChI is InChI=1S/C21H20N4O4/c1-28-17-9-8-14(10-18(17)29-2)22-21(27)16-12-20(26)23-19-11-15(24-25(16)19)13-6-4-3-5-7-13/h3-11,16H,12H2,1-2H3,(H,22,27)(H,23,26). The van der Waals surface area contributed by atoms with Gasteiger partial charge in [0.15, 0.2) is 11.5 Å². The molecule has 0 saturated heterocycles. The first-order valence-corrected chi connectivity index (χ1v) is 9.06. The molecule has 8 heteroatoms. The largest absolute Gasteiger partial charge is 0.493 e. The highest BCUT2D eigenvalue weighted by Gasteiger charge is 2.32. The van der Waals surface area contributed by atoms with Gasteiger partial charge in [-0.1, -0.05) is 30.3 Å². The number of benzene rings is 2. The van der Waals surface area contributed by atoms with Crippen LogP contribution in [0.2, 0.25) is 0 Å². The Morgan fingerprint density at radius 1 is 1.10 bits per heavy atom. The van der Waals surface area contributed by atoms with Crippen molar-refractivity contribution in [2.24, 2.45) is 0 Å². The monoisotopic (exact) mass is 392 g/mol. The number of carbonyl (C=O) groups excluding carboxylic acids is 2. The van der Waals surface area contributed by atoms with Gasteiger partial charge >= 0.3 is 0 Å². The van der Waals surface area contributed by atoms with Crippen LogP contribution < -0.4 is 20.1 Å². The molecule has 2 heterocycles. The fourth-order valence-corrected chi connectivity index (χ4v) is 3.27. The maximum atomic E-state index is 13.0. The zero-order chi connectivity index (χ0) is 20.4. The molecule has 2 aromatic carbocycles. The Kier molecular flexibility index (Phi) is 4.90. The number of amides is 2. The first kappa shape index (κ1) is 18.5. The average molecular weight is 392 g/mol. The lowest BCUT2D eigenvalue weighted by Crippen LogP contribution is -2.35. The second-order valence-corrected chi connectivity index (χ2v) is 6.55. The fraction of sp³-hybridized carbons (Fsp3) is 0.190. The maximum absolute atomic E-state index is 13.0. The topological polar surface area (TPSA) is 94.5 Å². The molecule has 0 saturated carbocycles. The number of ether oxygens (including phenoxy) is 2. The molecule has 2 N–H and O–H groups in total. The SMILES string of the molecule is COc1ccc(NC(=O)C2CC(=O)Nc3cc(-c4ccccc4)nn32)cc1OC. The van der Waals surface area contributed by atoms with Crippen LogP contribution in [0.1, 0.15) is 12.5 Å². The first-order chi connectivity index (χ1) is 14.1. The molecule has 1 atom stereocenters. The summed E-state index contributed by atoms with van der Waals surface area (Å²) < 4.78 is 12.0. The van der Waals surface area contributed by atoms with Gasteiger partial charge in [0.2, 0.25) is 11.8 Å². The summed E-state index contributed by atoms with van der Waals surface area (Å²) in [7, 11) is 3.07. The van der Waals surface area contributed by atoms with Crippen LogP contribution in [0.3, 0.4) is 0 Å². The van der Waals surface area contributed by atoms with Crippen LogP contribution in [-0.2, 0) is 9.59 Å². The van der Waals surface area contributed by atoms with E-state index < -0.39 is 6.04 Å². The summed E-state index contributed by atoms with van der Waals surface area (Å²) in [6, 6.07) is 15.7. The van der Waals surface area contributed by atoms with E-state index in [0.717, 1.165) is 5.56 Å². The van der Waals surface area contributed by atoms with Gasteiger partial charge in [-0.2, -0.15) is 5.10 Å². The van der Waals surface area contributed by atoms with E-state index in [9.17, 15) is 9.59 Å². The number of fused-ring (bicyclic) bond motifs is 1. The van der Waals surface area contributed by atoms with Crippen molar-refractivity contribution in [1.29, 1.82) is 0 Å². The van der Waals surface area contributed by atoms with Gasteiger partial charge in [-0.05, 0) is 12.1 Å². The number of methoxy groups -OCH3 is 2. The zero-order valence-corrected chi connectivity index (χ0v) is 16.0. The Morgan fingerprint density at radius 2 is 1.86 bits per heavy atom. The van der Waals surface area contributed by atoms with Gasteiger partial charge in [-0.25, -0.2) is 4.68 Å². The lowest BCUT2D eigenvalue weighted by molar-refractivity contribution is -0.125. The Morgan fingerprint density at radius 3 is 2.59 bits per heavy atom. The van der Waals surface area contributed by atoms with Gasteiger partial charge in [0.1, 0.15) is 11.9 Å². The molecule has 1 unspecified atom stereocenters. The van der Waals surface area contributed by atoms with Gasteiger partial charge in [0.05, 0.1) is 26.3 Å². The van der Waals surface area contributed by atoms with E-state index in [1.165, 1.54) is 7.11 Å². The summed E-state index contributed by atoms with van der Waals surface area (Å²) in [5, 5.41) is 10.2. The normalized spacial score (nSPS) is 15.2. The molecule has 3 aromatic rings. The molecule has 1 aliphatic rings. The van der Waals surface area contributed by atoms with Crippen molar-refractivity contribution in [3.05, 3.63) is 54.6 Å². The average Bonchev–Trinajstić information content (AvgIpc) is 3.17. The number of anilines is 2. The van der Waals surface area contributed by atoms with Crippen LogP contribution >= 0.6 is 0 Å². The Hall–Kier alpha value is -3.81. The van der Waals surface area contributed by atoms with Crippen LogP contribution in [0.15, 0.2) is 54.6 Å².